The summed E-state index contributed by atoms with van der Waals surface area (Å²) in [7, 11) is 0. The number of nitrogens with zero attached hydrogens (tertiary/aromatic N) is 1. The van der Waals surface area contributed by atoms with Gasteiger partial charge in [-0.1, -0.05) is 19.8 Å². The first-order valence-electron chi connectivity index (χ1n) is 7.99. The van der Waals surface area contributed by atoms with Gasteiger partial charge in [0.25, 0.3) is 0 Å². The summed E-state index contributed by atoms with van der Waals surface area (Å²) < 4.78 is 0. The highest BCUT2D eigenvalue weighted by atomic mass is 16.2. The molecule has 2 aliphatic rings. The van der Waals surface area contributed by atoms with E-state index in [2.05, 4.69) is 17.6 Å². The molecule has 1 unspecified atom stereocenters. The Hall–Kier alpha value is -1.10. The molecule has 20 heavy (non-hydrogen) atoms. The second-order valence-electron chi connectivity index (χ2n) is 6.00. The van der Waals surface area contributed by atoms with Crippen molar-refractivity contribution in [2.75, 3.05) is 26.2 Å². The van der Waals surface area contributed by atoms with Crippen molar-refractivity contribution in [3.63, 3.8) is 0 Å². The van der Waals surface area contributed by atoms with Crippen LogP contribution in [-0.2, 0) is 9.59 Å². The number of amides is 2. The van der Waals surface area contributed by atoms with E-state index in [1.807, 2.05) is 4.90 Å². The third-order valence-electron chi connectivity index (χ3n) is 4.33. The molecule has 1 aliphatic carbocycles. The Morgan fingerprint density at radius 2 is 2.25 bits per heavy atom. The molecule has 2 rings (SSSR count). The van der Waals surface area contributed by atoms with E-state index in [4.69, 9.17) is 0 Å². The summed E-state index contributed by atoms with van der Waals surface area (Å²) in [5.41, 5.74) is 0. The summed E-state index contributed by atoms with van der Waals surface area (Å²) in [4.78, 5) is 26.1. The van der Waals surface area contributed by atoms with Gasteiger partial charge >= 0.3 is 0 Å². The number of piperazine rings is 1. The van der Waals surface area contributed by atoms with Gasteiger partial charge in [-0.05, 0) is 25.2 Å². The number of carbonyl (C=O) groups excluding carboxylic acids is 2. The number of rotatable bonds is 7. The van der Waals surface area contributed by atoms with Gasteiger partial charge in [0.15, 0.2) is 0 Å². The number of nitrogens with one attached hydrogen (secondary N) is 2. The molecule has 2 fully saturated rings. The zero-order chi connectivity index (χ0) is 14.4. The number of carbonyl (C=O) groups is 2. The molecule has 2 amide bonds. The number of unbranched alkanes of at least 4 members (excludes halogenated alkanes) is 1. The van der Waals surface area contributed by atoms with Crippen molar-refractivity contribution >= 4 is 11.8 Å². The Kier molecular flexibility index (Phi) is 5.83. The van der Waals surface area contributed by atoms with Gasteiger partial charge in [-0.3, -0.25) is 9.59 Å². The maximum Gasteiger partial charge on any atom is 0.240 e. The average molecular weight is 281 g/mol. The van der Waals surface area contributed by atoms with E-state index in [1.54, 1.807) is 0 Å². The Morgan fingerprint density at radius 1 is 1.45 bits per heavy atom. The Morgan fingerprint density at radius 3 is 2.90 bits per heavy atom. The van der Waals surface area contributed by atoms with Gasteiger partial charge in [0.1, 0.15) is 0 Å². The van der Waals surface area contributed by atoms with E-state index in [0.29, 0.717) is 12.5 Å². The van der Waals surface area contributed by atoms with Crippen LogP contribution in [0.5, 0.6) is 0 Å². The van der Waals surface area contributed by atoms with E-state index in [1.165, 1.54) is 19.3 Å². The number of hydrogen-bond acceptors (Lipinski definition) is 3. The molecule has 0 aromatic rings. The largest absolute Gasteiger partial charge is 0.356 e. The molecule has 1 aliphatic heterocycles. The van der Waals surface area contributed by atoms with Gasteiger partial charge in [0.2, 0.25) is 11.8 Å². The van der Waals surface area contributed by atoms with Crippen LogP contribution in [0.25, 0.3) is 0 Å². The molecule has 0 spiro atoms. The lowest BCUT2D eigenvalue weighted by atomic mass is 9.85. The van der Waals surface area contributed by atoms with Gasteiger partial charge in [0, 0.05) is 26.2 Å². The van der Waals surface area contributed by atoms with Crippen LogP contribution in [0.4, 0.5) is 0 Å². The van der Waals surface area contributed by atoms with Crippen molar-refractivity contribution in [2.45, 2.75) is 51.5 Å². The van der Waals surface area contributed by atoms with Crippen LogP contribution in [0.3, 0.4) is 0 Å². The minimum atomic E-state index is -0.328. The molecular weight excluding hydrogens is 254 g/mol. The van der Waals surface area contributed by atoms with Crippen molar-refractivity contribution < 1.29 is 9.59 Å². The van der Waals surface area contributed by atoms with Gasteiger partial charge in [0.05, 0.1) is 12.5 Å². The second kappa shape index (κ2) is 7.62. The first-order valence-corrected chi connectivity index (χ1v) is 7.99. The molecule has 2 N–H and O–H groups in total. The van der Waals surface area contributed by atoms with E-state index < -0.39 is 0 Å². The number of hydrogen-bond donors (Lipinski definition) is 2. The molecule has 0 aromatic carbocycles. The smallest absolute Gasteiger partial charge is 0.240 e. The topological polar surface area (TPSA) is 61.4 Å². The molecular formula is C15H27N3O2. The van der Waals surface area contributed by atoms with E-state index in [-0.39, 0.29) is 24.3 Å². The van der Waals surface area contributed by atoms with Crippen LogP contribution in [0, 0.1) is 5.92 Å². The highest BCUT2D eigenvalue weighted by molar-refractivity contribution is 5.88. The molecule has 5 nitrogen and oxygen atoms in total. The third-order valence-corrected chi connectivity index (χ3v) is 4.33. The van der Waals surface area contributed by atoms with Crippen LogP contribution in [0.1, 0.15) is 45.4 Å². The van der Waals surface area contributed by atoms with Gasteiger partial charge in [-0.25, -0.2) is 0 Å². The molecule has 5 heteroatoms. The van der Waals surface area contributed by atoms with Gasteiger partial charge in [-0.15, -0.1) is 0 Å². The lowest BCUT2D eigenvalue weighted by molar-refractivity contribution is -0.139. The highest BCUT2D eigenvalue weighted by Gasteiger charge is 2.32. The van der Waals surface area contributed by atoms with Crippen LogP contribution >= 0.6 is 0 Å². The minimum absolute atomic E-state index is 0.0187. The standard InChI is InChI=1S/C15H27N3O2/c1-2-3-7-17-14(19)10-13-15(20)18(9-8-16-13)11-12-5-4-6-12/h12-13,16H,2-11H2,1H3,(H,17,19). The van der Waals surface area contributed by atoms with Gasteiger partial charge in [-0.2, -0.15) is 0 Å². The van der Waals surface area contributed by atoms with Crippen molar-refractivity contribution in [3.05, 3.63) is 0 Å². The summed E-state index contributed by atoms with van der Waals surface area (Å²) in [6.45, 7) is 5.27. The zero-order valence-electron chi connectivity index (χ0n) is 12.5. The predicted octanol–water partition coefficient (Wildman–Crippen LogP) is 0.893. The normalized spacial score (nSPS) is 23.6. The van der Waals surface area contributed by atoms with E-state index in [9.17, 15) is 9.59 Å². The van der Waals surface area contributed by atoms with Crippen LogP contribution < -0.4 is 10.6 Å². The van der Waals surface area contributed by atoms with Crippen LogP contribution in [0.2, 0.25) is 0 Å². The molecule has 114 valence electrons. The van der Waals surface area contributed by atoms with Gasteiger partial charge < -0.3 is 15.5 Å². The molecule has 1 saturated carbocycles. The summed E-state index contributed by atoms with van der Waals surface area (Å²) in [6, 6.07) is -0.328. The molecule has 0 bridgehead atoms. The lowest BCUT2D eigenvalue weighted by Crippen LogP contribution is -2.57. The fourth-order valence-corrected chi connectivity index (χ4v) is 2.78. The first kappa shape index (κ1) is 15.3. The SMILES string of the molecule is CCCCNC(=O)CC1NCCN(CC2CCC2)C1=O. The van der Waals surface area contributed by atoms with E-state index in [0.717, 1.165) is 32.5 Å². The highest BCUT2D eigenvalue weighted by Crippen LogP contribution is 2.27. The fourth-order valence-electron chi connectivity index (χ4n) is 2.78. The zero-order valence-corrected chi connectivity index (χ0v) is 12.5. The van der Waals surface area contributed by atoms with Crippen molar-refractivity contribution in [3.8, 4) is 0 Å². The second-order valence-corrected chi connectivity index (χ2v) is 6.00. The van der Waals surface area contributed by atoms with Crippen molar-refractivity contribution in [1.82, 2.24) is 15.5 Å². The quantitative estimate of drug-likeness (QED) is 0.681. The van der Waals surface area contributed by atoms with Crippen molar-refractivity contribution in [2.24, 2.45) is 5.92 Å². The minimum Gasteiger partial charge on any atom is -0.356 e. The predicted molar refractivity (Wildman–Crippen MR) is 78.2 cm³/mol. The van der Waals surface area contributed by atoms with Crippen molar-refractivity contribution in [1.29, 1.82) is 0 Å². The van der Waals surface area contributed by atoms with Crippen LogP contribution in [-0.4, -0.2) is 48.9 Å². The Balaban J connectivity index is 1.75. The fraction of sp³-hybridized carbons (Fsp3) is 0.867. The molecule has 0 aromatic heterocycles. The Labute approximate surface area is 121 Å². The van der Waals surface area contributed by atoms with E-state index >= 15 is 0 Å². The summed E-state index contributed by atoms with van der Waals surface area (Å²) in [6.07, 6.45) is 6.12. The molecule has 0 radical (unpaired) electrons. The Bertz CT molecular complexity index is 342. The summed E-state index contributed by atoms with van der Waals surface area (Å²) >= 11 is 0. The first-order chi connectivity index (χ1) is 9.70. The average Bonchev–Trinajstić information content (AvgIpc) is 2.38. The van der Waals surface area contributed by atoms with Crippen LogP contribution in [0.15, 0.2) is 0 Å². The third kappa shape index (κ3) is 4.20. The molecule has 1 heterocycles. The maximum absolute atomic E-state index is 12.3. The summed E-state index contributed by atoms with van der Waals surface area (Å²) in [5.74, 6) is 0.777. The summed E-state index contributed by atoms with van der Waals surface area (Å²) in [5, 5.41) is 6.06. The monoisotopic (exact) mass is 281 g/mol. The lowest BCUT2D eigenvalue weighted by Gasteiger charge is -2.37. The molecule has 1 atom stereocenters. The maximum atomic E-state index is 12.3. The molecule has 1 saturated heterocycles.